The number of hydrogen-bond acceptors (Lipinski definition) is 3. The minimum atomic E-state index is -1.54. The highest BCUT2D eigenvalue weighted by Gasteiger charge is 2.33. The first-order valence-corrected chi connectivity index (χ1v) is 13.6. The van der Waals surface area contributed by atoms with E-state index in [0.29, 0.717) is 17.4 Å². The van der Waals surface area contributed by atoms with Crippen LogP contribution in [0.1, 0.15) is 62.8 Å². The molecule has 0 aliphatic heterocycles. The molecule has 2 aliphatic rings. The van der Waals surface area contributed by atoms with Crippen LogP contribution in [-0.4, -0.2) is 16.8 Å². The summed E-state index contributed by atoms with van der Waals surface area (Å²) in [5, 5.41) is 18.6. The van der Waals surface area contributed by atoms with Crippen molar-refractivity contribution in [3.8, 4) is 28.4 Å². The normalized spacial score (nSPS) is 23.2. The summed E-state index contributed by atoms with van der Waals surface area (Å²) in [6.07, 6.45) is 7.01. The van der Waals surface area contributed by atoms with Crippen LogP contribution in [0.3, 0.4) is 0 Å². The molecule has 3 nitrogen and oxygen atoms in total. The molecule has 2 N–H and O–H groups in total. The van der Waals surface area contributed by atoms with Gasteiger partial charge in [-0.3, -0.25) is 0 Å². The van der Waals surface area contributed by atoms with Crippen molar-refractivity contribution < 1.29 is 41.3 Å². The molecule has 0 unspecified atom stereocenters. The number of ether oxygens (including phenoxy) is 1. The van der Waals surface area contributed by atoms with Crippen molar-refractivity contribution in [1.82, 2.24) is 0 Å². The minimum Gasteiger partial charge on any atom is -0.505 e. The molecule has 0 spiro atoms. The Morgan fingerprint density at radius 3 is 1.68 bits per heavy atom. The zero-order chi connectivity index (χ0) is 28.6. The lowest BCUT2D eigenvalue weighted by molar-refractivity contribution is 0.129. The molecule has 9 heteroatoms. The summed E-state index contributed by atoms with van der Waals surface area (Å²) >= 11 is 0. The van der Waals surface area contributed by atoms with E-state index >= 15 is 0 Å². The van der Waals surface area contributed by atoms with Gasteiger partial charge in [-0.25, -0.2) is 13.2 Å². The Morgan fingerprint density at radius 1 is 0.550 bits per heavy atom. The third-order valence-electron chi connectivity index (χ3n) is 8.74. The molecule has 0 heterocycles. The molecule has 0 bridgehead atoms. The fourth-order valence-corrected chi connectivity index (χ4v) is 6.40. The smallest absolute Gasteiger partial charge is 0.201 e. The zero-order valence-electron chi connectivity index (χ0n) is 21.7. The molecule has 0 saturated heterocycles. The van der Waals surface area contributed by atoms with Crippen molar-refractivity contribution in [1.29, 1.82) is 0 Å². The van der Waals surface area contributed by atoms with Gasteiger partial charge < -0.3 is 14.9 Å². The van der Waals surface area contributed by atoms with Crippen molar-refractivity contribution in [3.05, 3.63) is 76.9 Å². The highest BCUT2D eigenvalue weighted by atomic mass is 19.2. The van der Waals surface area contributed by atoms with Crippen molar-refractivity contribution in [2.75, 3.05) is 6.61 Å². The zero-order valence-corrected chi connectivity index (χ0v) is 21.7. The van der Waals surface area contributed by atoms with Gasteiger partial charge in [0.05, 0.1) is 6.61 Å². The number of phenols is 2. The van der Waals surface area contributed by atoms with Gasteiger partial charge in [0.1, 0.15) is 0 Å². The minimum absolute atomic E-state index is 0.0673. The summed E-state index contributed by atoms with van der Waals surface area (Å²) in [6, 6.07) is 6.82. The van der Waals surface area contributed by atoms with Crippen LogP contribution < -0.4 is 4.74 Å². The molecule has 40 heavy (non-hydrogen) atoms. The Morgan fingerprint density at radius 2 is 1.05 bits per heavy atom. The molecule has 5 rings (SSSR count). The topological polar surface area (TPSA) is 49.7 Å². The van der Waals surface area contributed by atoms with Gasteiger partial charge in [-0.05, 0) is 111 Å². The Labute approximate surface area is 228 Å². The van der Waals surface area contributed by atoms with E-state index in [2.05, 4.69) is 0 Å². The van der Waals surface area contributed by atoms with Crippen LogP contribution in [0, 0.1) is 52.7 Å². The fraction of sp³-hybridized carbons (Fsp3) is 0.419. The maximum atomic E-state index is 14.7. The maximum Gasteiger partial charge on any atom is 0.201 e. The average Bonchev–Trinajstić information content (AvgIpc) is 2.96. The first-order valence-electron chi connectivity index (χ1n) is 13.6. The lowest BCUT2D eigenvalue weighted by Gasteiger charge is -2.38. The number of hydrogen-bond donors (Lipinski definition) is 2. The molecule has 0 atom stereocenters. The Bertz CT molecular complexity index is 1380. The molecule has 3 aromatic carbocycles. The van der Waals surface area contributed by atoms with Crippen LogP contribution in [0.2, 0.25) is 0 Å². The SMILES string of the molecule is Oc1ccc(-c2ccc(OCC3CCC(C4CCC(c5ccc(O)c(F)c5F)CC4)CC3)c(F)c2F)c(F)c1F. The summed E-state index contributed by atoms with van der Waals surface area (Å²) in [6.45, 7) is 0.197. The molecule has 0 aromatic heterocycles. The van der Waals surface area contributed by atoms with E-state index in [1.165, 1.54) is 18.2 Å². The quantitative estimate of drug-likeness (QED) is 0.294. The molecular weight excluding hydrogens is 534 g/mol. The maximum absolute atomic E-state index is 14.7. The summed E-state index contributed by atoms with van der Waals surface area (Å²) < 4.78 is 91.0. The molecule has 2 aliphatic carbocycles. The molecule has 2 saturated carbocycles. The van der Waals surface area contributed by atoms with E-state index in [0.717, 1.165) is 69.6 Å². The summed E-state index contributed by atoms with van der Waals surface area (Å²) in [7, 11) is 0. The number of halogens is 6. The number of aromatic hydroxyl groups is 2. The van der Waals surface area contributed by atoms with E-state index < -0.39 is 57.5 Å². The van der Waals surface area contributed by atoms with Gasteiger partial charge >= 0.3 is 0 Å². The second kappa shape index (κ2) is 11.6. The standard InChI is InChI=1S/C31H30F6O3/c32-26-20(9-12-23(38)29(26)35)19-7-5-18(6-8-19)17-3-1-16(2-4-17)15-40-25-14-11-22(28(34)31(25)37)21-10-13-24(39)30(36)27(21)33/h9-14,16-19,38-39H,1-8,15H2. The Balaban J connectivity index is 1.12. The van der Waals surface area contributed by atoms with Crippen molar-refractivity contribution >= 4 is 0 Å². The van der Waals surface area contributed by atoms with Crippen LogP contribution in [0.25, 0.3) is 11.1 Å². The lowest BCUT2D eigenvalue weighted by atomic mass is 9.68. The van der Waals surface area contributed by atoms with Gasteiger partial charge in [0.15, 0.2) is 34.7 Å². The summed E-state index contributed by atoms with van der Waals surface area (Å²) in [4.78, 5) is 0. The molecule has 3 aromatic rings. The van der Waals surface area contributed by atoms with E-state index in [-0.39, 0.29) is 24.2 Å². The Hall–Kier alpha value is -3.36. The molecule has 0 amide bonds. The molecule has 0 radical (unpaired) electrons. The third-order valence-corrected chi connectivity index (χ3v) is 8.74. The van der Waals surface area contributed by atoms with Gasteiger partial charge in [0, 0.05) is 11.1 Å². The number of benzene rings is 3. The van der Waals surface area contributed by atoms with E-state index in [1.807, 2.05) is 0 Å². The predicted octanol–water partition coefficient (Wildman–Crippen LogP) is 8.76. The second-order valence-electron chi connectivity index (χ2n) is 11.0. The third kappa shape index (κ3) is 5.47. The van der Waals surface area contributed by atoms with Gasteiger partial charge in [0.2, 0.25) is 17.5 Å². The second-order valence-corrected chi connectivity index (χ2v) is 11.0. The van der Waals surface area contributed by atoms with Crippen molar-refractivity contribution in [2.45, 2.75) is 57.3 Å². The molecule has 214 valence electrons. The van der Waals surface area contributed by atoms with Crippen LogP contribution >= 0.6 is 0 Å². The van der Waals surface area contributed by atoms with Gasteiger partial charge in [-0.1, -0.05) is 6.07 Å². The first-order chi connectivity index (χ1) is 19.2. The van der Waals surface area contributed by atoms with Gasteiger partial charge in [-0.15, -0.1) is 0 Å². The van der Waals surface area contributed by atoms with Crippen LogP contribution in [0.5, 0.6) is 17.2 Å². The Kier molecular flexibility index (Phi) is 8.19. The molecular formula is C31H30F6O3. The largest absolute Gasteiger partial charge is 0.505 e. The highest BCUT2D eigenvalue weighted by molar-refractivity contribution is 5.67. The summed E-state index contributed by atoms with van der Waals surface area (Å²) in [5.41, 5.74) is -0.660. The van der Waals surface area contributed by atoms with E-state index in [4.69, 9.17) is 4.74 Å². The van der Waals surface area contributed by atoms with Crippen LogP contribution in [0.15, 0.2) is 36.4 Å². The fourth-order valence-electron chi connectivity index (χ4n) is 6.40. The molecule has 2 fully saturated rings. The number of phenolic OH excluding ortho intramolecular Hbond substituents is 2. The van der Waals surface area contributed by atoms with Crippen molar-refractivity contribution in [3.63, 3.8) is 0 Å². The van der Waals surface area contributed by atoms with Crippen LogP contribution in [-0.2, 0) is 0 Å². The predicted molar refractivity (Wildman–Crippen MR) is 137 cm³/mol. The monoisotopic (exact) mass is 564 g/mol. The number of rotatable bonds is 6. The van der Waals surface area contributed by atoms with E-state index in [9.17, 15) is 36.6 Å². The van der Waals surface area contributed by atoms with Gasteiger partial charge in [0.25, 0.3) is 0 Å². The first kappa shape index (κ1) is 28.2. The highest BCUT2D eigenvalue weighted by Crippen LogP contribution is 2.45. The summed E-state index contributed by atoms with van der Waals surface area (Å²) in [5.74, 6) is -8.64. The van der Waals surface area contributed by atoms with Crippen molar-refractivity contribution in [2.24, 2.45) is 17.8 Å². The van der Waals surface area contributed by atoms with E-state index in [1.54, 1.807) is 0 Å². The average molecular weight is 565 g/mol. The van der Waals surface area contributed by atoms with Crippen LogP contribution in [0.4, 0.5) is 26.3 Å². The van der Waals surface area contributed by atoms with Gasteiger partial charge in [-0.2, -0.15) is 13.2 Å². The lowest BCUT2D eigenvalue weighted by Crippen LogP contribution is -2.27.